The number of aromatic nitrogens is 1. The second-order valence-corrected chi connectivity index (χ2v) is 8.07. The van der Waals surface area contributed by atoms with Crippen LogP contribution < -0.4 is 10.6 Å². The molecule has 1 heterocycles. The molecular formula is C21H26FN3O2S. The van der Waals surface area contributed by atoms with Gasteiger partial charge in [-0.25, -0.2) is 9.37 Å². The van der Waals surface area contributed by atoms with E-state index in [1.165, 1.54) is 30.2 Å². The predicted molar refractivity (Wildman–Crippen MR) is 108 cm³/mol. The lowest BCUT2D eigenvalue weighted by Gasteiger charge is -2.13. The summed E-state index contributed by atoms with van der Waals surface area (Å²) in [5.74, 6) is -0.359. The lowest BCUT2D eigenvalue weighted by Crippen LogP contribution is -2.30. The van der Waals surface area contributed by atoms with Crippen molar-refractivity contribution in [3.05, 3.63) is 51.7 Å². The number of thiazole rings is 1. The molecule has 0 radical (unpaired) electrons. The Kier molecular flexibility index (Phi) is 7.54. The average Bonchev–Trinajstić information content (AvgIpc) is 3.01. The molecule has 5 nitrogen and oxygen atoms in total. The maximum absolute atomic E-state index is 13.6. The Morgan fingerprint density at radius 1 is 1.11 bits per heavy atom. The molecule has 2 amide bonds. The fraction of sp³-hybridized carbons (Fsp3) is 0.476. The highest BCUT2D eigenvalue weighted by Gasteiger charge is 2.20. The highest BCUT2D eigenvalue weighted by molar-refractivity contribution is 7.09. The largest absolute Gasteiger partial charge is 0.350 e. The monoisotopic (exact) mass is 403 g/mol. The van der Waals surface area contributed by atoms with Crippen molar-refractivity contribution in [3.63, 3.8) is 0 Å². The Morgan fingerprint density at radius 3 is 2.61 bits per heavy atom. The lowest BCUT2D eigenvalue weighted by molar-refractivity contribution is -0.125. The molecule has 7 heteroatoms. The highest BCUT2D eigenvalue weighted by Crippen LogP contribution is 2.23. The number of rotatable bonds is 7. The van der Waals surface area contributed by atoms with Gasteiger partial charge in [-0.1, -0.05) is 43.9 Å². The number of carbonyl (C=O) groups is 2. The van der Waals surface area contributed by atoms with Crippen LogP contribution in [0.1, 0.15) is 59.6 Å². The van der Waals surface area contributed by atoms with Crippen molar-refractivity contribution in [1.82, 2.24) is 15.6 Å². The molecule has 150 valence electrons. The van der Waals surface area contributed by atoms with Gasteiger partial charge in [0.05, 0.1) is 6.54 Å². The number of nitrogens with zero attached hydrogens (tertiary/aromatic N) is 1. The fourth-order valence-corrected chi connectivity index (χ4v) is 4.16. The van der Waals surface area contributed by atoms with Gasteiger partial charge in [0.2, 0.25) is 5.91 Å². The molecule has 1 aromatic carbocycles. The molecule has 0 bridgehead atoms. The third-order valence-electron chi connectivity index (χ3n) is 5.06. The minimum absolute atomic E-state index is 0.0907. The van der Waals surface area contributed by atoms with Crippen LogP contribution in [0.5, 0.6) is 0 Å². The van der Waals surface area contributed by atoms with Crippen molar-refractivity contribution in [3.8, 4) is 0 Å². The first-order valence-corrected chi connectivity index (χ1v) is 10.7. The van der Waals surface area contributed by atoms with Gasteiger partial charge in [0.1, 0.15) is 16.5 Å². The zero-order valence-electron chi connectivity index (χ0n) is 15.9. The standard InChI is InChI=1S/C21H26FN3O2S/c22-17-10-6-5-7-15(17)11-12-23-21(27)18-14-28-19(25-18)13-24-20(26)16-8-3-1-2-4-9-16/h5-7,10,14,16H,1-4,8-9,11-13H2,(H,23,27)(H,24,26). The molecule has 3 rings (SSSR count). The molecule has 1 aromatic heterocycles. The molecule has 1 aliphatic rings. The summed E-state index contributed by atoms with van der Waals surface area (Å²) in [6, 6.07) is 6.53. The fourth-order valence-electron chi connectivity index (χ4n) is 3.45. The van der Waals surface area contributed by atoms with Crippen LogP contribution in [0, 0.1) is 11.7 Å². The van der Waals surface area contributed by atoms with Crippen LogP contribution >= 0.6 is 11.3 Å². The van der Waals surface area contributed by atoms with Crippen LogP contribution in [0.2, 0.25) is 0 Å². The Bertz CT molecular complexity index is 800. The van der Waals surface area contributed by atoms with E-state index in [-0.39, 0.29) is 23.5 Å². The number of carbonyl (C=O) groups excluding carboxylic acids is 2. The summed E-state index contributed by atoms with van der Waals surface area (Å²) in [7, 11) is 0. The smallest absolute Gasteiger partial charge is 0.270 e. The Morgan fingerprint density at radius 2 is 1.86 bits per heavy atom. The molecule has 0 spiro atoms. The van der Waals surface area contributed by atoms with Crippen LogP contribution in [0.15, 0.2) is 29.6 Å². The highest BCUT2D eigenvalue weighted by atomic mass is 32.1. The maximum Gasteiger partial charge on any atom is 0.270 e. The number of nitrogens with one attached hydrogen (secondary N) is 2. The molecule has 28 heavy (non-hydrogen) atoms. The summed E-state index contributed by atoms with van der Waals surface area (Å²) in [6.07, 6.45) is 7.00. The second kappa shape index (κ2) is 10.3. The van der Waals surface area contributed by atoms with E-state index in [1.54, 1.807) is 23.6 Å². The molecule has 2 aromatic rings. The molecule has 1 saturated carbocycles. The third kappa shape index (κ3) is 5.86. The van der Waals surface area contributed by atoms with Gasteiger partial charge in [0.25, 0.3) is 5.91 Å². The van der Waals surface area contributed by atoms with Gasteiger partial charge >= 0.3 is 0 Å². The van der Waals surface area contributed by atoms with Gasteiger partial charge in [-0.3, -0.25) is 9.59 Å². The first-order valence-electron chi connectivity index (χ1n) is 9.87. The second-order valence-electron chi connectivity index (χ2n) is 7.13. The van der Waals surface area contributed by atoms with Gasteiger partial charge in [-0.2, -0.15) is 0 Å². The molecule has 1 aliphatic carbocycles. The first kappa shape index (κ1) is 20.5. The molecule has 0 unspecified atom stereocenters. The molecule has 0 atom stereocenters. The van der Waals surface area contributed by atoms with Crippen LogP contribution in [0.4, 0.5) is 4.39 Å². The zero-order chi connectivity index (χ0) is 19.8. The minimum atomic E-state index is -0.283. The lowest BCUT2D eigenvalue weighted by atomic mass is 10.00. The van der Waals surface area contributed by atoms with Crippen molar-refractivity contribution >= 4 is 23.2 Å². The SMILES string of the molecule is O=C(NCCc1ccccc1F)c1csc(CNC(=O)C2CCCCCC2)n1. The van der Waals surface area contributed by atoms with E-state index >= 15 is 0 Å². The number of hydrogen-bond donors (Lipinski definition) is 2. The summed E-state index contributed by atoms with van der Waals surface area (Å²) < 4.78 is 13.6. The van der Waals surface area contributed by atoms with Gasteiger partial charge in [0.15, 0.2) is 0 Å². The summed E-state index contributed by atoms with van der Waals surface area (Å²) in [6.45, 7) is 0.688. The molecule has 1 fully saturated rings. The molecule has 0 aliphatic heterocycles. The summed E-state index contributed by atoms with van der Waals surface area (Å²) in [5.41, 5.74) is 0.903. The summed E-state index contributed by atoms with van der Waals surface area (Å²) in [4.78, 5) is 28.8. The van der Waals surface area contributed by atoms with Crippen LogP contribution in [0.3, 0.4) is 0 Å². The van der Waals surface area contributed by atoms with E-state index in [2.05, 4.69) is 15.6 Å². The number of hydrogen-bond acceptors (Lipinski definition) is 4. The van der Waals surface area contributed by atoms with Gasteiger partial charge in [-0.05, 0) is 30.9 Å². The van der Waals surface area contributed by atoms with Gasteiger partial charge < -0.3 is 10.6 Å². The first-order chi connectivity index (χ1) is 13.6. The summed E-state index contributed by atoms with van der Waals surface area (Å²) in [5, 5.41) is 8.11. The third-order valence-corrected chi connectivity index (χ3v) is 5.91. The minimum Gasteiger partial charge on any atom is -0.350 e. The predicted octanol–water partition coefficient (Wildman–Crippen LogP) is 3.84. The van der Waals surface area contributed by atoms with E-state index in [4.69, 9.17) is 0 Å². The summed E-state index contributed by atoms with van der Waals surface area (Å²) >= 11 is 1.36. The molecule has 0 saturated heterocycles. The maximum atomic E-state index is 13.6. The van der Waals surface area contributed by atoms with Crippen molar-refractivity contribution in [2.75, 3.05) is 6.54 Å². The number of halogens is 1. The van der Waals surface area contributed by atoms with Crippen LogP contribution in [-0.2, 0) is 17.8 Å². The van der Waals surface area contributed by atoms with E-state index < -0.39 is 0 Å². The van der Waals surface area contributed by atoms with Crippen LogP contribution in [-0.4, -0.2) is 23.3 Å². The van der Waals surface area contributed by atoms with Gasteiger partial charge in [0, 0.05) is 17.8 Å². The zero-order valence-corrected chi connectivity index (χ0v) is 16.7. The van der Waals surface area contributed by atoms with Crippen LogP contribution in [0.25, 0.3) is 0 Å². The quantitative estimate of drug-likeness (QED) is 0.690. The topological polar surface area (TPSA) is 71.1 Å². The van der Waals surface area contributed by atoms with Crippen molar-refractivity contribution in [2.45, 2.75) is 51.5 Å². The Labute approximate surface area is 168 Å². The van der Waals surface area contributed by atoms with Gasteiger partial charge in [-0.15, -0.1) is 11.3 Å². The van der Waals surface area contributed by atoms with E-state index in [1.807, 2.05) is 0 Å². The van der Waals surface area contributed by atoms with E-state index in [9.17, 15) is 14.0 Å². The van der Waals surface area contributed by atoms with E-state index in [0.717, 1.165) is 25.7 Å². The van der Waals surface area contributed by atoms with Crippen molar-refractivity contribution < 1.29 is 14.0 Å². The number of benzene rings is 1. The van der Waals surface area contributed by atoms with Crippen molar-refractivity contribution in [1.29, 1.82) is 0 Å². The van der Waals surface area contributed by atoms with E-state index in [0.29, 0.717) is 35.8 Å². The Balaban J connectivity index is 1.43. The average molecular weight is 404 g/mol. The normalized spacial score (nSPS) is 15.0. The molecule has 2 N–H and O–H groups in total. The number of amides is 2. The Hall–Kier alpha value is -2.28. The van der Waals surface area contributed by atoms with Crippen molar-refractivity contribution in [2.24, 2.45) is 5.92 Å². The molecular weight excluding hydrogens is 377 g/mol.